The maximum absolute atomic E-state index is 5.59. The summed E-state index contributed by atoms with van der Waals surface area (Å²) in [5.74, 6) is 1.47. The van der Waals surface area contributed by atoms with Crippen molar-refractivity contribution >= 4 is 11.6 Å². The monoisotopic (exact) mass is 212 g/mol. The van der Waals surface area contributed by atoms with Crippen LogP contribution in [-0.4, -0.2) is 12.5 Å². The molecule has 0 atom stereocenters. The summed E-state index contributed by atoms with van der Waals surface area (Å²) in [6.45, 7) is 7.09. The van der Waals surface area contributed by atoms with E-state index >= 15 is 0 Å². The first-order chi connectivity index (χ1) is 6.55. The van der Waals surface area contributed by atoms with Crippen molar-refractivity contribution in [1.82, 2.24) is 0 Å². The molecular formula is C12H17ClO. The minimum atomic E-state index is 0.114. The molecule has 0 amide bonds. The highest BCUT2D eigenvalue weighted by Gasteiger charge is 2.17. The molecule has 0 spiro atoms. The Kier molecular flexibility index (Phi) is 3.82. The summed E-state index contributed by atoms with van der Waals surface area (Å²) in [6, 6.07) is 8.11. The normalized spacial score (nSPS) is 11.4. The van der Waals surface area contributed by atoms with E-state index in [4.69, 9.17) is 16.3 Å². The Hall–Kier alpha value is -0.690. The Morgan fingerprint density at radius 1 is 1.21 bits per heavy atom. The minimum absolute atomic E-state index is 0.114. The molecule has 0 bridgehead atoms. The molecule has 0 aliphatic rings. The van der Waals surface area contributed by atoms with Gasteiger partial charge in [0, 0.05) is 0 Å². The summed E-state index contributed by atoms with van der Waals surface area (Å²) < 4.78 is 5.58. The van der Waals surface area contributed by atoms with E-state index in [-0.39, 0.29) is 5.41 Å². The maximum atomic E-state index is 5.59. The van der Waals surface area contributed by atoms with Crippen molar-refractivity contribution in [3.05, 3.63) is 29.8 Å². The van der Waals surface area contributed by atoms with E-state index < -0.39 is 0 Å². The van der Waals surface area contributed by atoms with E-state index in [1.54, 1.807) is 0 Å². The highest BCUT2D eigenvalue weighted by atomic mass is 35.5. The molecule has 1 rings (SSSR count). The molecule has 14 heavy (non-hydrogen) atoms. The molecule has 0 aromatic heterocycles. The minimum Gasteiger partial charge on any atom is -0.492 e. The summed E-state index contributed by atoms with van der Waals surface area (Å²) in [5, 5.41) is 0. The standard InChI is InChI=1S/C12H17ClO/c1-12(2,3)10-6-4-5-7-11(10)14-9-8-13/h4-7H,8-9H2,1-3H3. The first-order valence-electron chi connectivity index (χ1n) is 4.84. The molecule has 0 aliphatic carbocycles. The molecule has 0 N–H and O–H groups in total. The average molecular weight is 213 g/mol. The lowest BCUT2D eigenvalue weighted by molar-refractivity contribution is 0.332. The first-order valence-corrected chi connectivity index (χ1v) is 5.37. The van der Waals surface area contributed by atoms with Crippen LogP contribution in [-0.2, 0) is 5.41 Å². The highest BCUT2D eigenvalue weighted by Crippen LogP contribution is 2.30. The predicted molar refractivity (Wildman–Crippen MR) is 61.4 cm³/mol. The molecule has 0 radical (unpaired) electrons. The van der Waals surface area contributed by atoms with Gasteiger partial charge in [0.05, 0.1) is 5.88 Å². The van der Waals surface area contributed by atoms with Crippen LogP contribution in [0.15, 0.2) is 24.3 Å². The van der Waals surface area contributed by atoms with E-state index in [0.29, 0.717) is 12.5 Å². The topological polar surface area (TPSA) is 9.23 Å². The number of ether oxygens (including phenoxy) is 1. The van der Waals surface area contributed by atoms with Crippen LogP contribution < -0.4 is 4.74 Å². The van der Waals surface area contributed by atoms with Crippen LogP contribution in [0.4, 0.5) is 0 Å². The smallest absolute Gasteiger partial charge is 0.123 e. The quantitative estimate of drug-likeness (QED) is 0.696. The van der Waals surface area contributed by atoms with Crippen LogP contribution in [0.5, 0.6) is 5.75 Å². The summed E-state index contributed by atoms with van der Waals surface area (Å²) in [4.78, 5) is 0. The van der Waals surface area contributed by atoms with Gasteiger partial charge in [-0.15, -0.1) is 11.6 Å². The molecule has 0 aliphatic heterocycles. The van der Waals surface area contributed by atoms with Crippen molar-refractivity contribution in [2.75, 3.05) is 12.5 Å². The zero-order valence-electron chi connectivity index (χ0n) is 9.01. The van der Waals surface area contributed by atoms with Crippen molar-refractivity contribution < 1.29 is 4.74 Å². The number of rotatable bonds is 3. The van der Waals surface area contributed by atoms with Crippen LogP contribution in [0.1, 0.15) is 26.3 Å². The third-order valence-corrected chi connectivity index (χ3v) is 2.18. The van der Waals surface area contributed by atoms with Gasteiger partial charge in [0.2, 0.25) is 0 Å². The van der Waals surface area contributed by atoms with Crippen LogP contribution in [0.3, 0.4) is 0 Å². The Labute approximate surface area is 91.0 Å². The van der Waals surface area contributed by atoms with E-state index in [1.165, 1.54) is 5.56 Å². The van der Waals surface area contributed by atoms with Gasteiger partial charge in [0.1, 0.15) is 12.4 Å². The van der Waals surface area contributed by atoms with Crippen LogP contribution in [0.2, 0.25) is 0 Å². The van der Waals surface area contributed by atoms with Gasteiger partial charge >= 0.3 is 0 Å². The van der Waals surface area contributed by atoms with Crippen LogP contribution in [0.25, 0.3) is 0 Å². The van der Waals surface area contributed by atoms with Crippen molar-refractivity contribution in [2.24, 2.45) is 0 Å². The third kappa shape index (κ3) is 2.91. The van der Waals surface area contributed by atoms with Crippen molar-refractivity contribution in [3.8, 4) is 5.75 Å². The molecule has 0 unspecified atom stereocenters. The van der Waals surface area contributed by atoms with Gasteiger partial charge in [-0.1, -0.05) is 39.0 Å². The molecule has 0 heterocycles. The molecule has 78 valence electrons. The molecule has 0 saturated carbocycles. The lowest BCUT2D eigenvalue weighted by atomic mass is 9.86. The lowest BCUT2D eigenvalue weighted by Gasteiger charge is -2.22. The summed E-state index contributed by atoms with van der Waals surface area (Å²) in [7, 11) is 0. The molecule has 1 aromatic carbocycles. The number of para-hydroxylation sites is 1. The van der Waals surface area contributed by atoms with Gasteiger partial charge < -0.3 is 4.74 Å². The molecule has 1 aromatic rings. The van der Waals surface area contributed by atoms with Gasteiger partial charge in [-0.25, -0.2) is 0 Å². The fraction of sp³-hybridized carbons (Fsp3) is 0.500. The van der Waals surface area contributed by atoms with Crippen molar-refractivity contribution in [2.45, 2.75) is 26.2 Å². The molecule has 0 saturated heterocycles. The van der Waals surface area contributed by atoms with Gasteiger partial charge in [-0.3, -0.25) is 0 Å². The second kappa shape index (κ2) is 4.70. The average Bonchev–Trinajstić information content (AvgIpc) is 2.14. The lowest BCUT2D eigenvalue weighted by Crippen LogP contribution is -2.13. The fourth-order valence-corrected chi connectivity index (χ4v) is 1.44. The van der Waals surface area contributed by atoms with Crippen LogP contribution >= 0.6 is 11.6 Å². The molecular weight excluding hydrogens is 196 g/mol. The van der Waals surface area contributed by atoms with Crippen molar-refractivity contribution in [1.29, 1.82) is 0 Å². The summed E-state index contributed by atoms with van der Waals surface area (Å²) in [5.41, 5.74) is 1.34. The largest absolute Gasteiger partial charge is 0.492 e. The maximum Gasteiger partial charge on any atom is 0.123 e. The summed E-state index contributed by atoms with van der Waals surface area (Å²) >= 11 is 5.59. The fourth-order valence-electron chi connectivity index (χ4n) is 1.36. The highest BCUT2D eigenvalue weighted by molar-refractivity contribution is 6.18. The van der Waals surface area contributed by atoms with E-state index in [2.05, 4.69) is 26.8 Å². The number of halogens is 1. The Morgan fingerprint density at radius 3 is 2.43 bits per heavy atom. The molecule has 1 nitrogen and oxygen atoms in total. The van der Waals surface area contributed by atoms with Crippen molar-refractivity contribution in [3.63, 3.8) is 0 Å². The van der Waals surface area contributed by atoms with Gasteiger partial charge in [-0.2, -0.15) is 0 Å². The van der Waals surface area contributed by atoms with E-state index in [1.807, 2.05) is 18.2 Å². The zero-order chi connectivity index (χ0) is 10.6. The SMILES string of the molecule is CC(C)(C)c1ccccc1OCCCl. The second-order valence-corrected chi connectivity index (χ2v) is 4.66. The number of benzene rings is 1. The first kappa shape index (κ1) is 11.4. The third-order valence-electron chi connectivity index (χ3n) is 2.03. The summed E-state index contributed by atoms with van der Waals surface area (Å²) in [6.07, 6.45) is 0. The van der Waals surface area contributed by atoms with Gasteiger partial charge in [-0.05, 0) is 17.0 Å². The van der Waals surface area contributed by atoms with Crippen LogP contribution in [0, 0.1) is 0 Å². The number of hydrogen-bond acceptors (Lipinski definition) is 1. The Balaban J connectivity index is 2.92. The molecule has 0 fully saturated rings. The zero-order valence-corrected chi connectivity index (χ0v) is 9.77. The number of alkyl halides is 1. The van der Waals surface area contributed by atoms with Gasteiger partial charge in [0.15, 0.2) is 0 Å². The van der Waals surface area contributed by atoms with E-state index in [9.17, 15) is 0 Å². The van der Waals surface area contributed by atoms with Gasteiger partial charge in [0.25, 0.3) is 0 Å². The Morgan fingerprint density at radius 2 is 1.86 bits per heavy atom. The molecule has 2 heteroatoms. The Bertz CT molecular complexity index is 289. The number of hydrogen-bond donors (Lipinski definition) is 0. The second-order valence-electron chi connectivity index (χ2n) is 4.28. The van der Waals surface area contributed by atoms with E-state index in [0.717, 1.165) is 5.75 Å². The predicted octanol–water partition coefficient (Wildman–Crippen LogP) is 3.60.